The molecule has 2 unspecified atom stereocenters. The van der Waals surface area contributed by atoms with Gasteiger partial charge in [-0.15, -0.1) is 11.3 Å². The lowest BCUT2D eigenvalue weighted by atomic mass is 9.84. The number of benzene rings is 1. The van der Waals surface area contributed by atoms with Gasteiger partial charge in [0.2, 0.25) is 10.0 Å². The Bertz CT molecular complexity index is 1470. The molecule has 33 heavy (non-hydrogen) atoms. The van der Waals surface area contributed by atoms with E-state index in [1.165, 1.54) is 11.3 Å². The number of sulfonamides is 1. The lowest BCUT2D eigenvalue weighted by Gasteiger charge is -2.41. The van der Waals surface area contributed by atoms with Gasteiger partial charge >= 0.3 is 0 Å². The minimum Gasteiger partial charge on any atom is -0.312 e. The molecule has 2 bridgehead atoms. The molecule has 0 N–H and O–H groups in total. The average Bonchev–Trinajstić information content (AvgIpc) is 3.51. The Labute approximate surface area is 195 Å². The second kappa shape index (κ2) is 7.79. The molecule has 3 aromatic heterocycles. The minimum absolute atomic E-state index is 0.00975. The molecule has 0 radical (unpaired) electrons. The number of hydrogen-bond acceptors (Lipinski definition) is 5. The van der Waals surface area contributed by atoms with Crippen LogP contribution in [0.5, 0.6) is 0 Å². The molecule has 0 aliphatic carbocycles. The number of thiophene rings is 1. The third-order valence-corrected chi connectivity index (χ3v) is 9.23. The molecule has 0 saturated carbocycles. The van der Waals surface area contributed by atoms with Crippen LogP contribution in [-0.2, 0) is 16.6 Å². The van der Waals surface area contributed by atoms with Crippen LogP contribution in [0.15, 0.2) is 81.9 Å². The van der Waals surface area contributed by atoms with E-state index in [0.29, 0.717) is 25.3 Å². The average molecular weight is 479 g/mol. The number of rotatable bonds is 4. The summed E-state index contributed by atoms with van der Waals surface area (Å²) in [5.74, 6) is 0.121. The van der Waals surface area contributed by atoms with E-state index in [4.69, 9.17) is 0 Å². The van der Waals surface area contributed by atoms with Crippen molar-refractivity contribution in [1.29, 1.82) is 0 Å². The Kier molecular flexibility index (Phi) is 4.86. The topological polar surface area (TPSA) is 77.2 Å². The predicted molar refractivity (Wildman–Crippen MR) is 127 cm³/mol. The Balaban J connectivity index is 1.42. The maximum absolute atomic E-state index is 14.0. The van der Waals surface area contributed by atoms with Crippen molar-refractivity contribution in [1.82, 2.24) is 18.7 Å². The lowest BCUT2D eigenvalue weighted by Crippen LogP contribution is -2.49. The molecule has 6 rings (SSSR count). The summed E-state index contributed by atoms with van der Waals surface area (Å²) >= 11 is 1.47. The number of fused-ring (bicyclic) bond motifs is 4. The molecule has 9 heteroatoms. The van der Waals surface area contributed by atoms with Crippen molar-refractivity contribution < 1.29 is 8.42 Å². The third-order valence-electron chi connectivity index (χ3n) is 6.52. The number of pyridine rings is 1. The van der Waals surface area contributed by atoms with Gasteiger partial charge in [0.15, 0.2) is 0 Å². The second-order valence-corrected chi connectivity index (χ2v) is 11.5. The number of para-hydroxylation sites is 1. The minimum atomic E-state index is -3.79. The number of nitrogens with zero attached hydrogens (tertiary/aromatic N) is 4. The molecule has 0 amide bonds. The molecule has 1 fully saturated rings. The van der Waals surface area contributed by atoms with Gasteiger partial charge in [0, 0.05) is 37.3 Å². The van der Waals surface area contributed by atoms with Crippen molar-refractivity contribution >= 4 is 21.4 Å². The monoisotopic (exact) mass is 478 g/mol. The van der Waals surface area contributed by atoms with Gasteiger partial charge in [0.25, 0.3) is 5.56 Å². The summed E-state index contributed by atoms with van der Waals surface area (Å²) in [7, 11) is -3.79. The van der Waals surface area contributed by atoms with E-state index in [2.05, 4.69) is 5.10 Å². The summed E-state index contributed by atoms with van der Waals surface area (Å²) in [6.45, 7) is 1.32. The molecule has 1 saturated heterocycles. The van der Waals surface area contributed by atoms with Gasteiger partial charge in [-0.25, -0.2) is 13.1 Å². The fraction of sp³-hybridized carbons (Fsp3) is 0.250. The molecule has 2 aliphatic heterocycles. The fourth-order valence-corrected chi connectivity index (χ4v) is 7.51. The SMILES string of the molecule is O=c1cccc2n1CC1CC2CN(S(=O)(=O)c2cn(-c3ccccc3)nc2-c2cccs2)C1. The Hall–Kier alpha value is -3.01. The highest BCUT2D eigenvalue weighted by Gasteiger charge is 2.41. The van der Waals surface area contributed by atoms with E-state index in [1.54, 1.807) is 27.3 Å². The first-order chi connectivity index (χ1) is 16.0. The molecule has 2 aliphatic rings. The van der Waals surface area contributed by atoms with Gasteiger partial charge in [-0.3, -0.25) is 4.79 Å². The van der Waals surface area contributed by atoms with Gasteiger partial charge in [0.1, 0.15) is 10.6 Å². The second-order valence-electron chi connectivity index (χ2n) is 8.62. The molecule has 2 atom stereocenters. The van der Waals surface area contributed by atoms with Crippen molar-refractivity contribution in [2.24, 2.45) is 5.92 Å². The van der Waals surface area contributed by atoms with Crippen LogP contribution in [0.4, 0.5) is 0 Å². The standard InChI is InChI=1S/C24H22N4O3S2/c29-23-10-4-8-20-18-12-17(14-27(20)23)13-26(15-18)33(30,31)22-16-28(19-6-2-1-3-7-19)25-24(22)21-9-5-11-32-21/h1-11,16-18H,12-15H2. The van der Waals surface area contributed by atoms with Crippen molar-refractivity contribution in [3.63, 3.8) is 0 Å². The van der Waals surface area contributed by atoms with Crippen molar-refractivity contribution in [2.75, 3.05) is 13.1 Å². The number of piperidine rings is 1. The zero-order valence-corrected chi connectivity index (χ0v) is 19.4. The predicted octanol–water partition coefficient (Wildman–Crippen LogP) is 3.57. The van der Waals surface area contributed by atoms with Crippen LogP contribution in [-0.4, -0.2) is 40.2 Å². The summed E-state index contributed by atoms with van der Waals surface area (Å²) in [6, 6.07) is 18.6. The fourth-order valence-electron chi connectivity index (χ4n) is 5.03. The molecular formula is C24H22N4O3S2. The molecule has 1 aromatic carbocycles. The quantitative estimate of drug-likeness (QED) is 0.449. The van der Waals surface area contributed by atoms with E-state index < -0.39 is 10.0 Å². The van der Waals surface area contributed by atoms with Crippen LogP contribution in [0.25, 0.3) is 16.3 Å². The first-order valence-corrected chi connectivity index (χ1v) is 13.2. The summed E-state index contributed by atoms with van der Waals surface area (Å²) in [5, 5.41) is 6.60. The summed E-state index contributed by atoms with van der Waals surface area (Å²) in [4.78, 5) is 13.4. The Morgan fingerprint density at radius 2 is 1.79 bits per heavy atom. The third kappa shape index (κ3) is 3.47. The summed E-state index contributed by atoms with van der Waals surface area (Å²) in [5.41, 5.74) is 2.20. The molecule has 168 valence electrons. The number of hydrogen-bond donors (Lipinski definition) is 0. The summed E-state index contributed by atoms with van der Waals surface area (Å²) < 4.78 is 33.0. The summed E-state index contributed by atoms with van der Waals surface area (Å²) in [6.07, 6.45) is 2.53. The molecular weight excluding hydrogens is 456 g/mol. The van der Waals surface area contributed by atoms with Crippen LogP contribution in [0.2, 0.25) is 0 Å². The van der Waals surface area contributed by atoms with Crippen molar-refractivity contribution in [3.8, 4) is 16.3 Å². The van der Waals surface area contributed by atoms with Crippen LogP contribution >= 0.6 is 11.3 Å². The van der Waals surface area contributed by atoms with E-state index in [9.17, 15) is 13.2 Å². The molecule has 0 spiro atoms. The van der Waals surface area contributed by atoms with Crippen LogP contribution in [0.3, 0.4) is 0 Å². The Morgan fingerprint density at radius 1 is 0.939 bits per heavy atom. The van der Waals surface area contributed by atoms with Crippen molar-refractivity contribution in [2.45, 2.75) is 23.8 Å². The zero-order chi connectivity index (χ0) is 22.6. The smallest absolute Gasteiger partial charge is 0.250 e. The highest BCUT2D eigenvalue weighted by atomic mass is 32.2. The van der Waals surface area contributed by atoms with E-state index >= 15 is 0 Å². The highest BCUT2D eigenvalue weighted by molar-refractivity contribution is 7.89. The van der Waals surface area contributed by atoms with Crippen LogP contribution in [0, 0.1) is 5.92 Å². The van der Waals surface area contributed by atoms with Crippen molar-refractivity contribution in [3.05, 3.63) is 88.3 Å². The lowest BCUT2D eigenvalue weighted by molar-refractivity contribution is 0.186. The molecule has 4 aromatic rings. The van der Waals surface area contributed by atoms with E-state index in [-0.39, 0.29) is 22.3 Å². The first kappa shape index (κ1) is 20.6. The molecule has 5 heterocycles. The highest BCUT2D eigenvalue weighted by Crippen LogP contribution is 2.39. The first-order valence-electron chi connectivity index (χ1n) is 10.9. The van der Waals surface area contributed by atoms with Gasteiger partial charge in [-0.2, -0.15) is 9.40 Å². The van der Waals surface area contributed by atoms with Crippen LogP contribution in [0.1, 0.15) is 18.0 Å². The van der Waals surface area contributed by atoms with Gasteiger partial charge in [-0.05, 0) is 42.0 Å². The maximum Gasteiger partial charge on any atom is 0.250 e. The van der Waals surface area contributed by atoms with E-state index in [0.717, 1.165) is 22.7 Å². The van der Waals surface area contributed by atoms with Gasteiger partial charge in [-0.1, -0.05) is 30.3 Å². The van der Waals surface area contributed by atoms with E-state index in [1.807, 2.05) is 58.5 Å². The maximum atomic E-state index is 14.0. The number of aromatic nitrogens is 3. The van der Waals surface area contributed by atoms with Crippen LogP contribution < -0.4 is 5.56 Å². The Morgan fingerprint density at radius 3 is 2.58 bits per heavy atom. The zero-order valence-electron chi connectivity index (χ0n) is 17.7. The van der Waals surface area contributed by atoms with Gasteiger partial charge < -0.3 is 4.57 Å². The largest absolute Gasteiger partial charge is 0.312 e. The molecule has 7 nitrogen and oxygen atoms in total. The van der Waals surface area contributed by atoms with Gasteiger partial charge in [0.05, 0.1) is 16.8 Å². The normalized spacial score (nSPS) is 20.5.